The molecule has 0 saturated heterocycles. The Balaban J connectivity index is 2.30. The number of carbonyl (C=O) groups excluding carboxylic acids is 2. The van der Waals surface area contributed by atoms with E-state index in [-0.39, 0.29) is 5.69 Å². The van der Waals surface area contributed by atoms with Gasteiger partial charge in [-0.25, -0.2) is 4.79 Å². The Hall–Kier alpha value is -2.47. The molecule has 2 aromatic rings. The van der Waals surface area contributed by atoms with Gasteiger partial charge in [-0.15, -0.1) is 0 Å². The standard InChI is InChI=1S/C14H14N2O4/c1-20-14(19)11(8-17)16-13(18)12-10-5-3-2-4-9(10)6-7-15-12/h2-7,11,17H,8H2,1H3,(H,16,18). The van der Waals surface area contributed by atoms with E-state index >= 15 is 0 Å². The van der Waals surface area contributed by atoms with Gasteiger partial charge in [-0.1, -0.05) is 24.3 Å². The average molecular weight is 274 g/mol. The molecule has 6 nitrogen and oxygen atoms in total. The van der Waals surface area contributed by atoms with Crippen molar-refractivity contribution in [1.29, 1.82) is 0 Å². The van der Waals surface area contributed by atoms with Crippen LogP contribution in [0.5, 0.6) is 0 Å². The van der Waals surface area contributed by atoms with Crippen molar-refractivity contribution in [3.63, 3.8) is 0 Å². The molecule has 0 bridgehead atoms. The van der Waals surface area contributed by atoms with Gasteiger partial charge in [-0.3, -0.25) is 9.78 Å². The SMILES string of the molecule is COC(=O)C(CO)NC(=O)c1nccc2ccccc12. The number of hydrogen-bond acceptors (Lipinski definition) is 5. The van der Waals surface area contributed by atoms with Gasteiger partial charge < -0.3 is 15.2 Å². The summed E-state index contributed by atoms with van der Waals surface area (Å²) in [5.41, 5.74) is 0.199. The van der Waals surface area contributed by atoms with Crippen LogP contribution in [-0.2, 0) is 9.53 Å². The summed E-state index contributed by atoms with van der Waals surface area (Å²) in [6.07, 6.45) is 1.52. The van der Waals surface area contributed by atoms with Crippen LogP contribution in [-0.4, -0.2) is 41.7 Å². The van der Waals surface area contributed by atoms with Crippen molar-refractivity contribution >= 4 is 22.6 Å². The molecule has 1 aromatic heterocycles. The average Bonchev–Trinajstić information content (AvgIpc) is 2.51. The van der Waals surface area contributed by atoms with Gasteiger partial charge in [0.05, 0.1) is 13.7 Å². The summed E-state index contributed by atoms with van der Waals surface area (Å²) in [6.45, 7) is -0.539. The molecule has 1 unspecified atom stereocenters. The van der Waals surface area contributed by atoms with Crippen molar-refractivity contribution in [2.45, 2.75) is 6.04 Å². The van der Waals surface area contributed by atoms with Gasteiger partial charge in [0.15, 0.2) is 6.04 Å². The normalized spacial score (nSPS) is 11.9. The Bertz CT molecular complexity index is 637. The van der Waals surface area contributed by atoms with Crippen molar-refractivity contribution in [2.75, 3.05) is 13.7 Å². The quantitative estimate of drug-likeness (QED) is 0.792. The number of methoxy groups -OCH3 is 1. The first-order valence-electron chi connectivity index (χ1n) is 6.00. The molecule has 1 amide bonds. The molecule has 0 aliphatic rings. The predicted molar refractivity (Wildman–Crippen MR) is 72.1 cm³/mol. The molecule has 1 atom stereocenters. The highest BCUT2D eigenvalue weighted by molar-refractivity contribution is 6.06. The first-order valence-corrected chi connectivity index (χ1v) is 6.00. The summed E-state index contributed by atoms with van der Waals surface area (Å²) >= 11 is 0. The fourth-order valence-electron chi connectivity index (χ4n) is 1.85. The number of nitrogens with zero attached hydrogens (tertiary/aromatic N) is 1. The number of hydrogen-bond donors (Lipinski definition) is 2. The summed E-state index contributed by atoms with van der Waals surface area (Å²) in [7, 11) is 1.19. The minimum Gasteiger partial charge on any atom is -0.467 e. The van der Waals surface area contributed by atoms with E-state index in [1.165, 1.54) is 13.3 Å². The van der Waals surface area contributed by atoms with Gasteiger partial charge in [0.2, 0.25) is 0 Å². The first-order chi connectivity index (χ1) is 9.67. The molecule has 0 fully saturated rings. The zero-order valence-corrected chi connectivity index (χ0v) is 10.9. The molecular weight excluding hydrogens is 260 g/mol. The highest BCUT2D eigenvalue weighted by Crippen LogP contribution is 2.16. The van der Waals surface area contributed by atoms with Gasteiger partial charge in [-0.05, 0) is 11.5 Å². The second-order valence-electron chi connectivity index (χ2n) is 4.11. The molecule has 0 radical (unpaired) electrons. The zero-order valence-electron chi connectivity index (χ0n) is 10.9. The highest BCUT2D eigenvalue weighted by Gasteiger charge is 2.22. The lowest BCUT2D eigenvalue weighted by Gasteiger charge is -2.14. The van der Waals surface area contributed by atoms with E-state index < -0.39 is 24.5 Å². The lowest BCUT2D eigenvalue weighted by atomic mass is 10.1. The molecule has 2 N–H and O–H groups in total. The number of amides is 1. The van der Waals surface area contributed by atoms with E-state index in [2.05, 4.69) is 15.0 Å². The molecule has 104 valence electrons. The van der Waals surface area contributed by atoms with Crippen molar-refractivity contribution in [2.24, 2.45) is 0 Å². The number of rotatable bonds is 4. The van der Waals surface area contributed by atoms with Crippen LogP contribution in [0.2, 0.25) is 0 Å². The first kappa shape index (κ1) is 14.0. The smallest absolute Gasteiger partial charge is 0.330 e. The summed E-state index contributed by atoms with van der Waals surface area (Å²) in [5.74, 6) is -1.24. The number of benzene rings is 1. The second kappa shape index (κ2) is 6.12. The highest BCUT2D eigenvalue weighted by atomic mass is 16.5. The summed E-state index contributed by atoms with van der Waals surface area (Å²) in [5, 5.41) is 13.0. The fraction of sp³-hybridized carbons (Fsp3) is 0.214. The van der Waals surface area contributed by atoms with Crippen molar-refractivity contribution in [3.8, 4) is 0 Å². The minimum absolute atomic E-state index is 0.199. The minimum atomic E-state index is -1.10. The second-order valence-corrected chi connectivity index (χ2v) is 4.11. The number of esters is 1. The third-order valence-corrected chi connectivity index (χ3v) is 2.86. The summed E-state index contributed by atoms with van der Waals surface area (Å²) < 4.78 is 4.49. The molecular formula is C14H14N2O4. The third-order valence-electron chi connectivity index (χ3n) is 2.86. The maximum Gasteiger partial charge on any atom is 0.330 e. The maximum atomic E-state index is 12.2. The molecule has 20 heavy (non-hydrogen) atoms. The largest absolute Gasteiger partial charge is 0.467 e. The molecule has 0 saturated carbocycles. The monoisotopic (exact) mass is 274 g/mol. The summed E-state index contributed by atoms with van der Waals surface area (Å²) in [6, 6.07) is 7.96. The molecule has 0 aliphatic heterocycles. The van der Waals surface area contributed by atoms with Gasteiger partial charge >= 0.3 is 5.97 Å². The third kappa shape index (κ3) is 2.75. The maximum absolute atomic E-state index is 12.2. The Kier molecular flexibility index (Phi) is 4.27. The molecule has 1 heterocycles. The van der Waals surface area contributed by atoms with Gasteiger partial charge in [0, 0.05) is 11.6 Å². The number of fused-ring (bicyclic) bond motifs is 1. The number of pyridine rings is 1. The van der Waals surface area contributed by atoms with Crippen molar-refractivity contribution in [1.82, 2.24) is 10.3 Å². The predicted octanol–water partition coefficient (Wildman–Crippen LogP) is 0.498. The Labute approximate surface area is 115 Å². The Morgan fingerprint density at radius 1 is 1.35 bits per heavy atom. The fourth-order valence-corrected chi connectivity index (χ4v) is 1.85. The van der Waals surface area contributed by atoms with Gasteiger partial charge in [-0.2, -0.15) is 0 Å². The number of aliphatic hydroxyl groups excluding tert-OH is 1. The Morgan fingerprint density at radius 3 is 2.80 bits per heavy atom. The van der Waals surface area contributed by atoms with Crippen LogP contribution in [0.15, 0.2) is 36.5 Å². The van der Waals surface area contributed by atoms with Crippen LogP contribution in [0.3, 0.4) is 0 Å². The number of aliphatic hydroxyl groups is 1. The number of carbonyl (C=O) groups is 2. The van der Waals surface area contributed by atoms with Crippen LogP contribution < -0.4 is 5.32 Å². The lowest BCUT2D eigenvalue weighted by Crippen LogP contribution is -2.44. The molecule has 0 aliphatic carbocycles. The molecule has 0 spiro atoms. The van der Waals surface area contributed by atoms with E-state index in [4.69, 9.17) is 5.11 Å². The van der Waals surface area contributed by atoms with Crippen LogP contribution in [0.4, 0.5) is 0 Å². The number of nitrogens with one attached hydrogen (secondary N) is 1. The zero-order chi connectivity index (χ0) is 14.5. The molecule has 1 aromatic carbocycles. The van der Waals surface area contributed by atoms with Gasteiger partial charge in [0.25, 0.3) is 5.91 Å². The van der Waals surface area contributed by atoms with Crippen LogP contribution in [0.1, 0.15) is 10.5 Å². The summed E-state index contributed by atoms with van der Waals surface area (Å²) in [4.78, 5) is 27.5. The van der Waals surface area contributed by atoms with E-state index in [9.17, 15) is 9.59 Å². The van der Waals surface area contributed by atoms with Gasteiger partial charge in [0.1, 0.15) is 5.69 Å². The van der Waals surface area contributed by atoms with Crippen LogP contribution in [0.25, 0.3) is 10.8 Å². The lowest BCUT2D eigenvalue weighted by molar-refractivity contribution is -0.143. The van der Waals surface area contributed by atoms with E-state index in [0.717, 1.165) is 5.39 Å². The Morgan fingerprint density at radius 2 is 2.10 bits per heavy atom. The number of aromatic nitrogens is 1. The topological polar surface area (TPSA) is 88.5 Å². The van der Waals surface area contributed by atoms with E-state index in [1.807, 2.05) is 12.1 Å². The van der Waals surface area contributed by atoms with Crippen LogP contribution in [0, 0.1) is 0 Å². The van der Waals surface area contributed by atoms with Crippen molar-refractivity contribution < 1.29 is 19.4 Å². The van der Waals surface area contributed by atoms with Crippen molar-refractivity contribution in [3.05, 3.63) is 42.2 Å². The van der Waals surface area contributed by atoms with Crippen LogP contribution >= 0.6 is 0 Å². The molecule has 6 heteroatoms. The molecule has 2 rings (SSSR count). The van der Waals surface area contributed by atoms with E-state index in [0.29, 0.717) is 5.39 Å². The number of ether oxygens (including phenoxy) is 1. The van der Waals surface area contributed by atoms with E-state index in [1.54, 1.807) is 18.2 Å².